The molecule has 0 saturated carbocycles. The van der Waals surface area contributed by atoms with E-state index in [1.54, 1.807) is 0 Å². The molecule has 54 valence electrons. The van der Waals surface area contributed by atoms with Gasteiger partial charge in [-0.2, -0.15) is 0 Å². The first kappa shape index (κ1) is 6.99. The number of ether oxygens (including phenoxy) is 1. The number of nitrogens with zero attached hydrogens (tertiary/aromatic N) is 1. The fourth-order valence-electron chi connectivity index (χ4n) is 1.08. The van der Waals surface area contributed by atoms with Crippen LogP contribution >= 0.6 is 0 Å². The van der Waals surface area contributed by atoms with E-state index in [2.05, 4.69) is 4.90 Å². The van der Waals surface area contributed by atoms with Crippen LogP contribution in [0.25, 0.3) is 0 Å². The van der Waals surface area contributed by atoms with Crippen LogP contribution in [-0.4, -0.2) is 30.4 Å². The average Bonchev–Trinajstić information content (AvgIpc) is 2.08. The zero-order valence-electron chi connectivity index (χ0n) is 6.05. The topological polar surface area (TPSA) is 38.5 Å². The molecule has 0 unspecified atom stereocenters. The highest BCUT2D eigenvalue weighted by Gasteiger charge is 2.31. The molecule has 0 aliphatic carbocycles. The lowest BCUT2D eigenvalue weighted by molar-refractivity contribution is -0.0488. The van der Waals surface area contributed by atoms with E-state index >= 15 is 0 Å². The predicted octanol–water partition coefficient (Wildman–Crippen LogP) is -0.0291. The molecule has 1 heterocycles. The van der Waals surface area contributed by atoms with Crippen LogP contribution in [0.1, 0.15) is 13.8 Å². The average molecular weight is 130 g/mol. The van der Waals surface area contributed by atoms with Crippen LogP contribution < -0.4 is 5.73 Å². The quantitative estimate of drug-likeness (QED) is 0.541. The van der Waals surface area contributed by atoms with Crippen molar-refractivity contribution in [3.63, 3.8) is 0 Å². The van der Waals surface area contributed by atoms with E-state index < -0.39 is 0 Å². The second-order valence-corrected chi connectivity index (χ2v) is 2.74. The molecule has 0 aromatic rings. The smallest absolute Gasteiger partial charge is 0.117 e. The first-order valence-electron chi connectivity index (χ1n) is 3.26. The van der Waals surface area contributed by atoms with Gasteiger partial charge in [0.05, 0.1) is 6.61 Å². The lowest BCUT2D eigenvalue weighted by Gasteiger charge is -2.27. The molecule has 1 aliphatic heterocycles. The van der Waals surface area contributed by atoms with Crippen molar-refractivity contribution in [1.29, 1.82) is 0 Å². The van der Waals surface area contributed by atoms with E-state index in [-0.39, 0.29) is 5.72 Å². The van der Waals surface area contributed by atoms with Crippen LogP contribution in [0.3, 0.4) is 0 Å². The molecule has 0 amide bonds. The van der Waals surface area contributed by atoms with E-state index in [9.17, 15) is 0 Å². The second kappa shape index (κ2) is 2.25. The van der Waals surface area contributed by atoms with E-state index in [0.717, 1.165) is 13.2 Å². The van der Waals surface area contributed by atoms with E-state index in [4.69, 9.17) is 10.5 Å². The molecule has 0 spiro atoms. The Hall–Kier alpha value is -0.120. The monoisotopic (exact) mass is 130 g/mol. The minimum atomic E-state index is -0.130. The number of hydrogen-bond acceptors (Lipinski definition) is 3. The molecule has 0 radical (unpaired) electrons. The molecule has 3 nitrogen and oxygen atoms in total. The summed E-state index contributed by atoms with van der Waals surface area (Å²) in [4.78, 5) is 2.10. The maximum absolute atomic E-state index is 5.46. The summed E-state index contributed by atoms with van der Waals surface area (Å²) in [6.07, 6.45) is 0. The van der Waals surface area contributed by atoms with Crippen molar-refractivity contribution in [2.45, 2.75) is 19.6 Å². The SMILES string of the molecule is CC1(C)OCCN1CN. The Morgan fingerprint density at radius 2 is 2.33 bits per heavy atom. The summed E-state index contributed by atoms with van der Waals surface area (Å²) in [5.41, 5.74) is 5.33. The standard InChI is InChI=1S/C6H14N2O/c1-6(2)8(5-7)3-4-9-6/h3-5,7H2,1-2H3. The molecule has 1 fully saturated rings. The van der Waals surface area contributed by atoms with Crippen LogP contribution in [-0.2, 0) is 4.74 Å². The van der Waals surface area contributed by atoms with Crippen LogP contribution in [0.5, 0.6) is 0 Å². The fraction of sp³-hybridized carbons (Fsp3) is 1.00. The van der Waals surface area contributed by atoms with Gasteiger partial charge < -0.3 is 10.5 Å². The van der Waals surface area contributed by atoms with Crippen molar-refractivity contribution >= 4 is 0 Å². The van der Waals surface area contributed by atoms with Gasteiger partial charge in [-0.15, -0.1) is 0 Å². The second-order valence-electron chi connectivity index (χ2n) is 2.74. The van der Waals surface area contributed by atoms with Crippen LogP contribution in [0.2, 0.25) is 0 Å². The summed E-state index contributed by atoms with van der Waals surface area (Å²) in [6, 6.07) is 0. The summed E-state index contributed by atoms with van der Waals surface area (Å²) < 4.78 is 5.39. The van der Waals surface area contributed by atoms with Gasteiger partial charge in [0, 0.05) is 13.2 Å². The summed E-state index contributed by atoms with van der Waals surface area (Å²) in [5, 5.41) is 0. The third kappa shape index (κ3) is 1.23. The molecular weight excluding hydrogens is 116 g/mol. The summed E-state index contributed by atoms with van der Waals surface area (Å²) >= 11 is 0. The molecule has 0 bridgehead atoms. The Balaban J connectivity index is 2.52. The van der Waals surface area contributed by atoms with Crippen LogP contribution in [0, 0.1) is 0 Å². The highest BCUT2D eigenvalue weighted by molar-refractivity contribution is 4.75. The van der Waals surface area contributed by atoms with Gasteiger partial charge >= 0.3 is 0 Å². The zero-order chi connectivity index (χ0) is 6.91. The molecule has 9 heavy (non-hydrogen) atoms. The van der Waals surface area contributed by atoms with E-state index in [1.807, 2.05) is 13.8 Å². The van der Waals surface area contributed by atoms with Gasteiger partial charge in [0.1, 0.15) is 5.72 Å². The highest BCUT2D eigenvalue weighted by Crippen LogP contribution is 2.19. The number of rotatable bonds is 1. The van der Waals surface area contributed by atoms with Crippen molar-refractivity contribution in [2.75, 3.05) is 19.8 Å². The maximum atomic E-state index is 5.46. The van der Waals surface area contributed by atoms with Gasteiger partial charge in [-0.05, 0) is 13.8 Å². The Morgan fingerprint density at radius 3 is 2.56 bits per heavy atom. The van der Waals surface area contributed by atoms with Crippen molar-refractivity contribution in [3.05, 3.63) is 0 Å². The Morgan fingerprint density at radius 1 is 1.67 bits per heavy atom. The first-order chi connectivity index (χ1) is 4.17. The van der Waals surface area contributed by atoms with Gasteiger partial charge in [0.25, 0.3) is 0 Å². The van der Waals surface area contributed by atoms with Crippen LogP contribution in [0.15, 0.2) is 0 Å². The predicted molar refractivity (Wildman–Crippen MR) is 35.8 cm³/mol. The van der Waals surface area contributed by atoms with E-state index in [1.165, 1.54) is 0 Å². The van der Waals surface area contributed by atoms with Crippen molar-refractivity contribution < 1.29 is 4.74 Å². The van der Waals surface area contributed by atoms with Crippen molar-refractivity contribution in [2.24, 2.45) is 5.73 Å². The molecule has 0 aromatic heterocycles. The lowest BCUT2D eigenvalue weighted by Crippen LogP contribution is -2.42. The molecule has 0 atom stereocenters. The minimum absolute atomic E-state index is 0.130. The normalized spacial score (nSPS) is 27.0. The van der Waals surface area contributed by atoms with Crippen LogP contribution in [0.4, 0.5) is 0 Å². The molecule has 1 saturated heterocycles. The zero-order valence-corrected chi connectivity index (χ0v) is 6.05. The van der Waals surface area contributed by atoms with Crippen molar-refractivity contribution in [3.8, 4) is 0 Å². The van der Waals surface area contributed by atoms with Gasteiger partial charge in [0.2, 0.25) is 0 Å². The van der Waals surface area contributed by atoms with Crippen molar-refractivity contribution in [1.82, 2.24) is 4.90 Å². The molecule has 2 N–H and O–H groups in total. The Kier molecular flexibility index (Phi) is 1.75. The summed E-state index contributed by atoms with van der Waals surface area (Å²) in [6.45, 7) is 6.43. The Bertz CT molecular complexity index is 103. The van der Waals surface area contributed by atoms with Gasteiger partial charge in [-0.25, -0.2) is 0 Å². The first-order valence-corrected chi connectivity index (χ1v) is 3.26. The largest absolute Gasteiger partial charge is 0.360 e. The lowest BCUT2D eigenvalue weighted by atomic mass is 10.3. The van der Waals surface area contributed by atoms with Gasteiger partial charge in [0.15, 0.2) is 0 Å². The molecule has 1 aliphatic rings. The highest BCUT2D eigenvalue weighted by atomic mass is 16.5. The number of hydrogen-bond donors (Lipinski definition) is 1. The molecule has 1 rings (SSSR count). The molecule has 3 heteroatoms. The third-order valence-electron chi connectivity index (χ3n) is 1.80. The fourth-order valence-corrected chi connectivity index (χ4v) is 1.08. The minimum Gasteiger partial charge on any atom is -0.360 e. The molecule has 0 aromatic carbocycles. The Labute approximate surface area is 55.8 Å². The van der Waals surface area contributed by atoms with Gasteiger partial charge in [-0.1, -0.05) is 0 Å². The summed E-state index contributed by atoms with van der Waals surface area (Å²) in [5.74, 6) is 0. The third-order valence-corrected chi connectivity index (χ3v) is 1.80. The van der Waals surface area contributed by atoms with E-state index in [0.29, 0.717) is 6.67 Å². The summed E-state index contributed by atoms with van der Waals surface area (Å²) in [7, 11) is 0. The maximum Gasteiger partial charge on any atom is 0.117 e. The number of nitrogens with two attached hydrogens (primary N) is 1. The molecular formula is C6H14N2O. The van der Waals surface area contributed by atoms with Gasteiger partial charge in [-0.3, -0.25) is 4.90 Å².